The molecule has 1 aromatic carbocycles. The molecule has 0 radical (unpaired) electrons. The van der Waals surface area contributed by atoms with Crippen molar-refractivity contribution in [1.29, 1.82) is 0 Å². The molecule has 0 atom stereocenters. The number of benzene rings is 1. The second-order valence-corrected chi connectivity index (χ2v) is 6.14. The number of hydrogen-bond donors (Lipinski definition) is 2. The van der Waals surface area contributed by atoms with Gasteiger partial charge in [0.15, 0.2) is 0 Å². The van der Waals surface area contributed by atoms with E-state index in [1.807, 2.05) is 36.4 Å². The lowest BCUT2D eigenvalue weighted by molar-refractivity contribution is 0.0945. The number of rotatable bonds is 6. The maximum atomic E-state index is 12.3. The highest BCUT2D eigenvalue weighted by Gasteiger charge is 2.11. The van der Waals surface area contributed by atoms with Crippen molar-refractivity contribution < 1.29 is 4.79 Å². The van der Waals surface area contributed by atoms with Crippen LogP contribution in [0.25, 0.3) is 0 Å². The van der Waals surface area contributed by atoms with Gasteiger partial charge in [-0.2, -0.15) is 0 Å². The zero-order chi connectivity index (χ0) is 18.4. The summed E-state index contributed by atoms with van der Waals surface area (Å²) in [5.74, 6) is 0.491. The fourth-order valence-corrected chi connectivity index (χ4v) is 2.54. The fraction of sp³-hybridized carbons (Fsp3) is 0.200. The van der Waals surface area contributed by atoms with Crippen LogP contribution in [0.1, 0.15) is 41.5 Å². The molecule has 0 fully saturated rings. The molecule has 0 spiro atoms. The predicted octanol–water partition coefficient (Wildman–Crippen LogP) is 3.67. The number of nitrogens with zero attached hydrogens (tertiary/aromatic N) is 3. The average Bonchev–Trinajstić information content (AvgIpc) is 2.67. The Morgan fingerprint density at radius 2 is 1.81 bits per heavy atom. The van der Waals surface area contributed by atoms with Gasteiger partial charge in [0.2, 0.25) is 5.95 Å². The first-order chi connectivity index (χ1) is 12.6. The Labute approximate surface area is 152 Å². The summed E-state index contributed by atoms with van der Waals surface area (Å²) in [6.07, 6.45) is 3.27. The number of hydrogen-bond acceptors (Lipinski definition) is 5. The summed E-state index contributed by atoms with van der Waals surface area (Å²) < 4.78 is 0. The molecule has 0 aliphatic rings. The molecule has 3 rings (SSSR count). The molecule has 132 valence electrons. The van der Waals surface area contributed by atoms with Crippen molar-refractivity contribution in [2.45, 2.75) is 26.3 Å². The molecule has 0 bridgehead atoms. The number of carbonyl (C=O) groups is 1. The Kier molecular flexibility index (Phi) is 5.53. The molecule has 3 aromatic rings. The van der Waals surface area contributed by atoms with Crippen molar-refractivity contribution in [3.05, 3.63) is 77.9 Å². The van der Waals surface area contributed by atoms with Crippen molar-refractivity contribution >= 4 is 17.5 Å². The fourth-order valence-electron chi connectivity index (χ4n) is 2.54. The van der Waals surface area contributed by atoms with Crippen LogP contribution in [0.3, 0.4) is 0 Å². The molecule has 0 aliphatic heterocycles. The van der Waals surface area contributed by atoms with Gasteiger partial charge in [0.1, 0.15) is 5.69 Å². The van der Waals surface area contributed by atoms with Crippen molar-refractivity contribution in [3.8, 4) is 0 Å². The second-order valence-electron chi connectivity index (χ2n) is 6.14. The Morgan fingerprint density at radius 1 is 1.00 bits per heavy atom. The molecule has 2 aromatic heterocycles. The van der Waals surface area contributed by atoms with Crippen LogP contribution in [0, 0.1) is 0 Å². The molecule has 2 heterocycles. The van der Waals surface area contributed by atoms with E-state index in [4.69, 9.17) is 0 Å². The third kappa shape index (κ3) is 4.42. The molecular weight excluding hydrogens is 326 g/mol. The molecule has 0 saturated carbocycles. The SMILES string of the molecule is CC(C)c1ccccc1Nc1nccc(C(=O)NCc2ccccn2)n1. The van der Waals surface area contributed by atoms with E-state index < -0.39 is 0 Å². The monoisotopic (exact) mass is 347 g/mol. The van der Waals surface area contributed by atoms with Crippen molar-refractivity contribution in [3.63, 3.8) is 0 Å². The Morgan fingerprint density at radius 3 is 2.58 bits per heavy atom. The van der Waals surface area contributed by atoms with E-state index in [1.165, 1.54) is 5.56 Å². The summed E-state index contributed by atoms with van der Waals surface area (Å²) in [6.45, 7) is 4.61. The van der Waals surface area contributed by atoms with Gasteiger partial charge in [-0.05, 0) is 35.7 Å². The standard InChI is InChI=1S/C20H21N5O/c1-14(2)16-8-3-4-9-17(16)24-20-22-12-10-18(25-20)19(26)23-13-15-7-5-6-11-21-15/h3-12,14H,13H2,1-2H3,(H,23,26)(H,22,24,25). The van der Waals surface area contributed by atoms with E-state index >= 15 is 0 Å². The van der Waals surface area contributed by atoms with Gasteiger partial charge < -0.3 is 10.6 Å². The summed E-state index contributed by atoms with van der Waals surface area (Å²) in [6, 6.07) is 15.2. The summed E-state index contributed by atoms with van der Waals surface area (Å²) in [4.78, 5) is 25.1. The van der Waals surface area contributed by atoms with E-state index in [-0.39, 0.29) is 5.91 Å². The molecular formula is C20H21N5O. The Bertz CT molecular complexity index is 880. The van der Waals surface area contributed by atoms with Crippen LogP contribution >= 0.6 is 0 Å². The molecule has 26 heavy (non-hydrogen) atoms. The minimum absolute atomic E-state index is 0.266. The van der Waals surface area contributed by atoms with Gasteiger partial charge in [-0.15, -0.1) is 0 Å². The smallest absolute Gasteiger partial charge is 0.270 e. The first-order valence-corrected chi connectivity index (χ1v) is 8.50. The Balaban J connectivity index is 1.71. The first kappa shape index (κ1) is 17.5. The number of para-hydroxylation sites is 1. The topological polar surface area (TPSA) is 79.8 Å². The highest BCUT2D eigenvalue weighted by molar-refractivity contribution is 5.92. The number of nitrogens with one attached hydrogen (secondary N) is 2. The largest absolute Gasteiger partial charge is 0.345 e. The van der Waals surface area contributed by atoms with Gasteiger partial charge in [-0.25, -0.2) is 9.97 Å². The third-order valence-electron chi connectivity index (χ3n) is 3.87. The zero-order valence-electron chi connectivity index (χ0n) is 14.8. The zero-order valence-corrected chi connectivity index (χ0v) is 14.8. The van der Waals surface area contributed by atoms with Crippen LogP contribution in [-0.2, 0) is 6.54 Å². The van der Waals surface area contributed by atoms with E-state index in [2.05, 4.69) is 45.5 Å². The van der Waals surface area contributed by atoms with Crippen LogP contribution in [0.4, 0.5) is 11.6 Å². The first-order valence-electron chi connectivity index (χ1n) is 8.50. The van der Waals surface area contributed by atoms with Gasteiger partial charge in [0.05, 0.1) is 12.2 Å². The molecule has 0 aliphatic carbocycles. The molecule has 0 saturated heterocycles. The van der Waals surface area contributed by atoms with Gasteiger partial charge in [-0.3, -0.25) is 9.78 Å². The van der Waals surface area contributed by atoms with E-state index in [9.17, 15) is 4.79 Å². The number of aromatic nitrogens is 3. The van der Waals surface area contributed by atoms with Crippen LogP contribution in [0.15, 0.2) is 60.9 Å². The molecule has 6 nitrogen and oxygen atoms in total. The summed E-state index contributed by atoms with van der Waals surface area (Å²) in [5, 5.41) is 6.02. The summed E-state index contributed by atoms with van der Waals surface area (Å²) >= 11 is 0. The van der Waals surface area contributed by atoms with Crippen LogP contribution in [-0.4, -0.2) is 20.9 Å². The number of pyridine rings is 1. The molecule has 0 unspecified atom stereocenters. The van der Waals surface area contributed by atoms with E-state index in [1.54, 1.807) is 18.5 Å². The lowest BCUT2D eigenvalue weighted by Gasteiger charge is -2.13. The van der Waals surface area contributed by atoms with Crippen LogP contribution in [0.2, 0.25) is 0 Å². The number of anilines is 2. The lowest BCUT2D eigenvalue weighted by Crippen LogP contribution is -2.24. The van der Waals surface area contributed by atoms with Crippen molar-refractivity contribution in [1.82, 2.24) is 20.3 Å². The summed E-state index contributed by atoms with van der Waals surface area (Å²) in [5.41, 5.74) is 3.20. The van der Waals surface area contributed by atoms with Crippen LogP contribution < -0.4 is 10.6 Å². The maximum absolute atomic E-state index is 12.3. The van der Waals surface area contributed by atoms with Gasteiger partial charge >= 0.3 is 0 Å². The highest BCUT2D eigenvalue weighted by Crippen LogP contribution is 2.25. The van der Waals surface area contributed by atoms with E-state index in [0.29, 0.717) is 24.1 Å². The average molecular weight is 347 g/mol. The van der Waals surface area contributed by atoms with Gasteiger partial charge in [0.25, 0.3) is 5.91 Å². The molecule has 2 N–H and O–H groups in total. The number of amides is 1. The maximum Gasteiger partial charge on any atom is 0.270 e. The minimum Gasteiger partial charge on any atom is -0.345 e. The van der Waals surface area contributed by atoms with Crippen LogP contribution in [0.5, 0.6) is 0 Å². The van der Waals surface area contributed by atoms with E-state index in [0.717, 1.165) is 11.4 Å². The summed E-state index contributed by atoms with van der Waals surface area (Å²) in [7, 11) is 0. The normalized spacial score (nSPS) is 10.6. The lowest BCUT2D eigenvalue weighted by atomic mass is 10.0. The van der Waals surface area contributed by atoms with Gasteiger partial charge in [-0.1, -0.05) is 38.1 Å². The predicted molar refractivity (Wildman–Crippen MR) is 101 cm³/mol. The molecule has 1 amide bonds. The second kappa shape index (κ2) is 8.20. The quantitative estimate of drug-likeness (QED) is 0.711. The highest BCUT2D eigenvalue weighted by atomic mass is 16.1. The van der Waals surface area contributed by atoms with Crippen molar-refractivity contribution in [2.75, 3.05) is 5.32 Å². The Hall–Kier alpha value is -3.28. The molecule has 6 heteroatoms. The minimum atomic E-state index is -0.266. The third-order valence-corrected chi connectivity index (χ3v) is 3.87. The number of carbonyl (C=O) groups excluding carboxylic acids is 1. The van der Waals surface area contributed by atoms with Gasteiger partial charge in [0, 0.05) is 18.1 Å². The van der Waals surface area contributed by atoms with Crippen molar-refractivity contribution in [2.24, 2.45) is 0 Å².